The first-order valence-corrected chi connectivity index (χ1v) is 25.8. The van der Waals surface area contributed by atoms with Crippen molar-refractivity contribution in [2.24, 2.45) is 0 Å². The number of ketones is 1. The lowest BCUT2D eigenvalue weighted by Gasteiger charge is -2.51. The molecule has 10 nitrogen and oxygen atoms in total. The fourth-order valence-corrected chi connectivity index (χ4v) is 8.75. The van der Waals surface area contributed by atoms with Gasteiger partial charge in [-0.3, -0.25) is 4.79 Å². The molecule has 2 aromatic carbocycles. The van der Waals surface area contributed by atoms with E-state index in [1.54, 1.807) is 19.2 Å². The summed E-state index contributed by atoms with van der Waals surface area (Å²) in [6.07, 6.45) is -3.39. The lowest BCUT2D eigenvalue weighted by molar-refractivity contribution is -0.259. The van der Waals surface area contributed by atoms with E-state index in [0.717, 1.165) is 11.1 Å². The van der Waals surface area contributed by atoms with Crippen LogP contribution in [0.5, 0.6) is 0 Å². The standard InChI is InChI=1S/C43H71NO9Si2/c1-41(2,3)54(11,12)49-30-36-38(47-28-31-21-17-15-18-22-31)40(48-29-32-23-19-16-20-24-32)39(53-55(13,14)42(4,5)6)34(50-36)27-35-37(52-43(7,8)51-35)33(45)25-26-44(9)46-10/h15-24,34-40H,25-30H2,1-14H3/t34-,35-,36-,37-,38-,39+,40+/m1/s1. The molecule has 2 aliphatic heterocycles. The van der Waals surface area contributed by atoms with Crippen molar-refractivity contribution in [2.75, 3.05) is 27.3 Å². The van der Waals surface area contributed by atoms with Crippen LogP contribution in [0.1, 0.15) is 79.4 Å². The van der Waals surface area contributed by atoms with E-state index >= 15 is 0 Å². The average Bonchev–Trinajstić information content (AvgIpc) is 3.42. The van der Waals surface area contributed by atoms with E-state index in [4.69, 9.17) is 37.4 Å². The minimum Gasteiger partial charge on any atom is -0.414 e. The van der Waals surface area contributed by atoms with Crippen LogP contribution in [-0.2, 0) is 55.4 Å². The molecule has 2 heterocycles. The highest BCUT2D eigenvalue weighted by Gasteiger charge is 2.55. The molecule has 2 fully saturated rings. The Hall–Kier alpha value is -1.82. The minimum atomic E-state index is -2.45. The van der Waals surface area contributed by atoms with Gasteiger partial charge in [-0.15, -0.1) is 0 Å². The Kier molecular flexibility index (Phi) is 15.7. The van der Waals surface area contributed by atoms with E-state index in [1.807, 2.05) is 50.2 Å². The van der Waals surface area contributed by atoms with Crippen molar-refractivity contribution in [3.05, 3.63) is 71.8 Å². The van der Waals surface area contributed by atoms with Gasteiger partial charge in [0.1, 0.15) is 30.5 Å². The Labute approximate surface area is 334 Å². The fraction of sp³-hybridized carbons (Fsp3) is 0.698. The molecule has 2 aromatic rings. The van der Waals surface area contributed by atoms with Crippen LogP contribution in [0, 0.1) is 0 Å². The number of carbonyl (C=O) groups is 1. The zero-order chi connectivity index (χ0) is 40.8. The van der Waals surface area contributed by atoms with Gasteiger partial charge in [0.05, 0.1) is 39.1 Å². The first-order chi connectivity index (χ1) is 25.5. The molecule has 0 aromatic heterocycles. The van der Waals surface area contributed by atoms with E-state index in [1.165, 1.54) is 0 Å². The lowest BCUT2D eigenvalue weighted by atomic mass is 9.90. The molecule has 4 rings (SSSR count). The van der Waals surface area contributed by atoms with Crippen molar-refractivity contribution in [1.82, 2.24) is 5.06 Å². The molecule has 0 N–H and O–H groups in total. The largest absolute Gasteiger partial charge is 0.414 e. The molecule has 55 heavy (non-hydrogen) atoms. The van der Waals surface area contributed by atoms with Crippen LogP contribution in [0.2, 0.25) is 36.3 Å². The number of benzene rings is 2. The summed E-state index contributed by atoms with van der Waals surface area (Å²) in [6.45, 7) is 27.6. The Balaban J connectivity index is 1.80. The third-order valence-corrected chi connectivity index (χ3v) is 20.9. The number of rotatable bonds is 18. The Morgan fingerprint density at radius 3 is 1.78 bits per heavy atom. The van der Waals surface area contributed by atoms with Crippen LogP contribution in [0.3, 0.4) is 0 Å². The van der Waals surface area contributed by atoms with E-state index in [-0.39, 0.29) is 22.3 Å². The predicted octanol–water partition coefficient (Wildman–Crippen LogP) is 8.70. The fourth-order valence-electron chi connectivity index (χ4n) is 6.42. The number of ether oxygens (including phenoxy) is 5. The molecule has 7 atom stereocenters. The molecule has 0 radical (unpaired) electrons. The summed E-state index contributed by atoms with van der Waals surface area (Å²) in [7, 11) is -1.26. The van der Waals surface area contributed by atoms with Gasteiger partial charge in [-0.2, -0.15) is 5.06 Å². The average molecular weight is 802 g/mol. The predicted molar refractivity (Wildman–Crippen MR) is 222 cm³/mol. The summed E-state index contributed by atoms with van der Waals surface area (Å²) in [5.41, 5.74) is 2.10. The van der Waals surface area contributed by atoms with Gasteiger partial charge >= 0.3 is 0 Å². The van der Waals surface area contributed by atoms with Crippen molar-refractivity contribution in [2.45, 2.75) is 166 Å². The van der Waals surface area contributed by atoms with Gasteiger partial charge in [0, 0.05) is 26.4 Å². The number of hydrogen-bond acceptors (Lipinski definition) is 10. The van der Waals surface area contributed by atoms with Crippen molar-refractivity contribution in [3.8, 4) is 0 Å². The smallest absolute Gasteiger partial charge is 0.192 e. The highest BCUT2D eigenvalue weighted by molar-refractivity contribution is 6.74. The molecule has 0 aliphatic carbocycles. The quantitative estimate of drug-likeness (QED) is 0.108. The lowest BCUT2D eigenvalue weighted by Crippen LogP contribution is -2.65. The summed E-state index contributed by atoms with van der Waals surface area (Å²) in [5.74, 6) is -1.01. The summed E-state index contributed by atoms with van der Waals surface area (Å²) in [5, 5.41) is 1.52. The van der Waals surface area contributed by atoms with E-state index < -0.39 is 65.1 Å². The third kappa shape index (κ3) is 12.6. The molecule has 310 valence electrons. The molecule has 0 bridgehead atoms. The van der Waals surface area contributed by atoms with Crippen molar-refractivity contribution >= 4 is 22.4 Å². The second-order valence-corrected chi connectivity index (χ2v) is 28.3. The van der Waals surface area contributed by atoms with Gasteiger partial charge < -0.3 is 37.4 Å². The van der Waals surface area contributed by atoms with Crippen LogP contribution in [0.4, 0.5) is 0 Å². The summed E-state index contributed by atoms with van der Waals surface area (Å²) < 4.78 is 48.4. The van der Waals surface area contributed by atoms with Gasteiger partial charge in [-0.1, -0.05) is 102 Å². The topological polar surface area (TPSA) is 94.2 Å². The first-order valence-electron chi connectivity index (χ1n) is 20.0. The van der Waals surface area contributed by atoms with E-state index in [9.17, 15) is 4.79 Å². The molecule has 0 unspecified atom stereocenters. The number of carbonyl (C=O) groups excluding carboxylic acids is 1. The van der Waals surface area contributed by atoms with Gasteiger partial charge in [0.25, 0.3) is 0 Å². The summed E-state index contributed by atoms with van der Waals surface area (Å²) in [6, 6.07) is 20.4. The highest BCUT2D eigenvalue weighted by atomic mass is 28.4. The van der Waals surface area contributed by atoms with Crippen LogP contribution in [0.25, 0.3) is 0 Å². The molecular weight excluding hydrogens is 731 g/mol. The minimum absolute atomic E-state index is 0.0102. The van der Waals surface area contributed by atoms with Gasteiger partial charge in [-0.25, -0.2) is 0 Å². The highest BCUT2D eigenvalue weighted by Crippen LogP contribution is 2.43. The third-order valence-electron chi connectivity index (χ3n) is 11.9. The second kappa shape index (κ2) is 18.8. The van der Waals surface area contributed by atoms with Crippen molar-refractivity contribution in [1.29, 1.82) is 0 Å². The van der Waals surface area contributed by atoms with Gasteiger partial charge in [-0.05, 0) is 61.2 Å². The number of hydroxylamine groups is 2. The van der Waals surface area contributed by atoms with Gasteiger partial charge in [0.2, 0.25) is 0 Å². The molecule has 0 amide bonds. The molecule has 0 spiro atoms. The molecule has 2 aliphatic rings. The number of hydrogen-bond donors (Lipinski definition) is 0. The number of nitrogens with zero attached hydrogens (tertiary/aromatic N) is 1. The molecule has 2 saturated heterocycles. The maximum absolute atomic E-state index is 13.8. The summed E-state index contributed by atoms with van der Waals surface area (Å²) in [4.78, 5) is 19.1. The van der Waals surface area contributed by atoms with E-state index in [0.29, 0.717) is 32.8 Å². The van der Waals surface area contributed by atoms with Crippen molar-refractivity contribution < 1.29 is 42.2 Å². The summed E-state index contributed by atoms with van der Waals surface area (Å²) >= 11 is 0. The molecular formula is C43H71NO9Si2. The van der Waals surface area contributed by atoms with Crippen LogP contribution >= 0.6 is 0 Å². The monoisotopic (exact) mass is 801 g/mol. The van der Waals surface area contributed by atoms with Crippen molar-refractivity contribution in [3.63, 3.8) is 0 Å². The Morgan fingerprint density at radius 2 is 1.27 bits per heavy atom. The Bertz CT molecular complexity index is 1480. The van der Waals surface area contributed by atoms with Crippen LogP contribution in [-0.4, -0.2) is 103 Å². The zero-order valence-electron chi connectivity index (χ0n) is 36.2. The maximum Gasteiger partial charge on any atom is 0.192 e. The SMILES string of the molecule is CON(C)CCC(=O)[C@H]1OC(C)(C)O[C@@H]1C[C@H]1O[C@H](CO[Si](C)(C)C(C)(C)C)[C@@H](OCc2ccccc2)[C@H](OCc2ccccc2)[C@H]1O[Si](C)(C)C(C)(C)C. The van der Waals surface area contributed by atoms with Gasteiger partial charge in [0.15, 0.2) is 28.2 Å². The van der Waals surface area contributed by atoms with Crippen LogP contribution in [0.15, 0.2) is 60.7 Å². The van der Waals surface area contributed by atoms with Crippen LogP contribution < -0.4 is 0 Å². The normalized spacial score (nSPS) is 26.4. The zero-order valence-corrected chi connectivity index (χ0v) is 38.2. The van der Waals surface area contributed by atoms with E-state index in [2.05, 4.69) is 92.0 Å². The first kappa shape index (κ1) is 45.9. The maximum atomic E-state index is 13.8. The molecule has 0 saturated carbocycles. The Morgan fingerprint density at radius 1 is 0.745 bits per heavy atom. The number of Topliss-reactive ketones (excluding diaryl/α,β-unsaturated/α-hetero) is 1. The second-order valence-electron chi connectivity index (χ2n) is 18.7. The molecule has 12 heteroatoms.